The van der Waals surface area contributed by atoms with Crippen molar-refractivity contribution in [3.63, 3.8) is 0 Å². The highest BCUT2D eigenvalue weighted by molar-refractivity contribution is 14.0. The maximum absolute atomic E-state index is 5.72. The Morgan fingerprint density at radius 1 is 1.21 bits per heavy atom. The third kappa shape index (κ3) is 6.68. The minimum atomic E-state index is 0. The van der Waals surface area contributed by atoms with Gasteiger partial charge in [0.1, 0.15) is 5.75 Å². The molecule has 0 spiro atoms. The molecule has 6 heteroatoms. The summed E-state index contributed by atoms with van der Waals surface area (Å²) in [5, 5.41) is 8.73. The Morgan fingerprint density at radius 2 is 2.04 bits per heavy atom. The minimum Gasteiger partial charge on any atom is -0.494 e. The number of guanidine groups is 1. The largest absolute Gasteiger partial charge is 0.494 e. The van der Waals surface area contributed by atoms with Gasteiger partial charge in [-0.05, 0) is 43.8 Å². The van der Waals surface area contributed by atoms with Crippen LogP contribution in [0.3, 0.4) is 0 Å². The summed E-state index contributed by atoms with van der Waals surface area (Å²) in [6, 6.07) is 10.4. The highest BCUT2D eigenvalue weighted by Gasteiger charge is 2.05. The van der Waals surface area contributed by atoms with Crippen molar-refractivity contribution in [2.24, 2.45) is 4.99 Å². The molecule has 0 amide bonds. The minimum absolute atomic E-state index is 0. The van der Waals surface area contributed by atoms with E-state index in [9.17, 15) is 0 Å². The maximum Gasteiger partial charge on any atom is 0.191 e. The molecule has 0 unspecified atom stereocenters. The number of hydrogen-bond donors (Lipinski definition) is 2. The van der Waals surface area contributed by atoms with Crippen molar-refractivity contribution in [1.29, 1.82) is 0 Å². The van der Waals surface area contributed by atoms with Crippen molar-refractivity contribution in [2.75, 3.05) is 13.2 Å². The van der Waals surface area contributed by atoms with Gasteiger partial charge in [0, 0.05) is 17.0 Å². The lowest BCUT2D eigenvalue weighted by Crippen LogP contribution is -2.36. The zero-order valence-electron chi connectivity index (χ0n) is 14.5. The van der Waals surface area contributed by atoms with Crippen LogP contribution in [-0.4, -0.2) is 19.1 Å². The molecular formula is C18H26IN3OS. The molecule has 0 aliphatic heterocycles. The predicted octanol–water partition coefficient (Wildman–Crippen LogP) is 4.33. The van der Waals surface area contributed by atoms with E-state index >= 15 is 0 Å². The molecule has 132 valence electrons. The lowest BCUT2D eigenvalue weighted by Gasteiger charge is -2.12. The van der Waals surface area contributed by atoms with Gasteiger partial charge >= 0.3 is 0 Å². The van der Waals surface area contributed by atoms with E-state index in [0.29, 0.717) is 13.2 Å². The van der Waals surface area contributed by atoms with Crippen LogP contribution < -0.4 is 15.4 Å². The first-order chi connectivity index (χ1) is 11.2. The molecule has 2 rings (SSSR count). The smallest absolute Gasteiger partial charge is 0.191 e. The van der Waals surface area contributed by atoms with Crippen LogP contribution in [0.2, 0.25) is 0 Å². The van der Waals surface area contributed by atoms with Gasteiger partial charge in [-0.2, -0.15) is 0 Å². The molecule has 0 radical (unpaired) electrons. The quantitative estimate of drug-likeness (QED) is 0.368. The molecule has 0 bridgehead atoms. The molecule has 0 aliphatic rings. The van der Waals surface area contributed by atoms with Crippen molar-refractivity contribution in [3.8, 4) is 5.75 Å². The second-order valence-electron chi connectivity index (χ2n) is 5.17. The summed E-state index contributed by atoms with van der Waals surface area (Å²) >= 11 is 1.74. The number of benzene rings is 1. The van der Waals surface area contributed by atoms with Gasteiger partial charge in [0.2, 0.25) is 0 Å². The monoisotopic (exact) mass is 459 g/mol. The summed E-state index contributed by atoms with van der Waals surface area (Å²) in [7, 11) is 0. The first-order valence-corrected chi connectivity index (χ1v) is 8.87. The van der Waals surface area contributed by atoms with Crippen molar-refractivity contribution < 1.29 is 4.74 Å². The summed E-state index contributed by atoms with van der Waals surface area (Å²) in [6.45, 7) is 9.02. The van der Waals surface area contributed by atoms with Crippen molar-refractivity contribution >= 4 is 41.3 Å². The fourth-order valence-corrected chi connectivity index (χ4v) is 2.82. The van der Waals surface area contributed by atoms with Gasteiger partial charge in [-0.3, -0.25) is 0 Å². The van der Waals surface area contributed by atoms with Crippen molar-refractivity contribution in [3.05, 3.63) is 51.7 Å². The third-order valence-corrected chi connectivity index (χ3v) is 4.16. The normalized spacial score (nSPS) is 10.9. The Labute approximate surface area is 165 Å². The number of thiophene rings is 1. The summed E-state index contributed by atoms with van der Waals surface area (Å²) in [4.78, 5) is 5.97. The van der Waals surface area contributed by atoms with Crippen LogP contribution in [0.1, 0.15) is 29.9 Å². The molecule has 0 atom stereocenters. The van der Waals surface area contributed by atoms with Gasteiger partial charge < -0.3 is 15.4 Å². The van der Waals surface area contributed by atoms with Gasteiger partial charge in [-0.1, -0.05) is 18.2 Å². The molecule has 1 aromatic heterocycles. The van der Waals surface area contributed by atoms with Crippen LogP contribution in [0, 0.1) is 6.92 Å². The van der Waals surface area contributed by atoms with Crippen LogP contribution >= 0.6 is 35.3 Å². The molecular weight excluding hydrogens is 433 g/mol. The fraction of sp³-hybridized carbons (Fsp3) is 0.389. The molecule has 0 saturated carbocycles. The molecule has 0 aliphatic carbocycles. The first kappa shape index (κ1) is 20.8. The van der Waals surface area contributed by atoms with Crippen LogP contribution in [0.25, 0.3) is 0 Å². The van der Waals surface area contributed by atoms with Gasteiger partial charge in [0.05, 0.1) is 19.7 Å². The maximum atomic E-state index is 5.72. The number of nitrogens with one attached hydrogen (secondary N) is 2. The molecule has 2 aromatic rings. The second-order valence-corrected chi connectivity index (χ2v) is 6.20. The highest BCUT2D eigenvalue weighted by atomic mass is 127. The Morgan fingerprint density at radius 3 is 2.71 bits per heavy atom. The first-order valence-electron chi connectivity index (χ1n) is 7.99. The standard InChI is InChI=1S/C18H25N3OS.HI/c1-4-19-18(21-13-16-7-6-10-23-16)20-12-15-9-8-14(3)11-17(15)22-5-2;/h6-11H,4-5,12-13H2,1-3H3,(H2,19,20,21);1H. The van der Waals surface area contributed by atoms with Gasteiger partial charge in [0.15, 0.2) is 5.96 Å². The fourth-order valence-electron chi connectivity index (χ4n) is 2.17. The number of aryl methyl sites for hydroxylation is 1. The van der Waals surface area contributed by atoms with E-state index in [1.54, 1.807) is 11.3 Å². The second kappa shape index (κ2) is 11.3. The molecule has 24 heavy (non-hydrogen) atoms. The summed E-state index contributed by atoms with van der Waals surface area (Å²) < 4.78 is 5.72. The number of hydrogen-bond acceptors (Lipinski definition) is 3. The number of rotatable bonds is 7. The predicted molar refractivity (Wildman–Crippen MR) is 114 cm³/mol. The van der Waals surface area contributed by atoms with E-state index in [1.807, 2.05) is 6.92 Å². The molecule has 2 N–H and O–H groups in total. The molecule has 0 fully saturated rings. The van der Waals surface area contributed by atoms with E-state index in [4.69, 9.17) is 4.74 Å². The van der Waals surface area contributed by atoms with Crippen LogP contribution in [0.4, 0.5) is 0 Å². The third-order valence-electron chi connectivity index (χ3n) is 3.28. The van der Waals surface area contributed by atoms with Crippen LogP contribution in [0.15, 0.2) is 40.7 Å². The Bertz CT molecular complexity index is 629. The van der Waals surface area contributed by atoms with Crippen LogP contribution in [-0.2, 0) is 13.1 Å². The van der Waals surface area contributed by atoms with E-state index in [-0.39, 0.29) is 24.0 Å². The highest BCUT2D eigenvalue weighted by Crippen LogP contribution is 2.21. The summed E-state index contributed by atoms with van der Waals surface area (Å²) in [5.74, 6) is 1.74. The van der Waals surface area contributed by atoms with Gasteiger partial charge in [-0.25, -0.2) is 4.99 Å². The Kier molecular flexibility index (Phi) is 9.78. The Balaban J connectivity index is 0.00000288. The number of nitrogens with zero attached hydrogens (tertiary/aromatic N) is 1. The molecule has 1 heterocycles. The Hall–Kier alpha value is -1.28. The number of aliphatic imine (C=N–C) groups is 1. The zero-order valence-corrected chi connectivity index (χ0v) is 17.6. The summed E-state index contributed by atoms with van der Waals surface area (Å²) in [6.07, 6.45) is 0. The lowest BCUT2D eigenvalue weighted by molar-refractivity contribution is 0.336. The molecule has 0 saturated heterocycles. The van der Waals surface area contributed by atoms with E-state index in [1.165, 1.54) is 10.4 Å². The van der Waals surface area contributed by atoms with Gasteiger partial charge in [0.25, 0.3) is 0 Å². The van der Waals surface area contributed by atoms with Crippen molar-refractivity contribution in [1.82, 2.24) is 10.6 Å². The zero-order chi connectivity index (χ0) is 16.5. The van der Waals surface area contributed by atoms with Crippen molar-refractivity contribution in [2.45, 2.75) is 33.9 Å². The molecule has 4 nitrogen and oxygen atoms in total. The van der Waals surface area contributed by atoms with E-state index < -0.39 is 0 Å². The van der Waals surface area contributed by atoms with E-state index in [2.05, 4.69) is 65.2 Å². The van der Waals surface area contributed by atoms with Gasteiger partial charge in [-0.15, -0.1) is 35.3 Å². The topological polar surface area (TPSA) is 45.7 Å². The number of halogens is 1. The summed E-state index contributed by atoms with van der Waals surface area (Å²) in [5.41, 5.74) is 2.30. The van der Waals surface area contributed by atoms with Crippen LogP contribution in [0.5, 0.6) is 5.75 Å². The average Bonchev–Trinajstić information content (AvgIpc) is 3.05. The number of ether oxygens (including phenoxy) is 1. The molecule has 1 aromatic carbocycles. The average molecular weight is 459 g/mol. The lowest BCUT2D eigenvalue weighted by atomic mass is 10.1. The van der Waals surface area contributed by atoms with E-state index in [0.717, 1.165) is 30.4 Å². The SMILES string of the molecule is CCNC(=NCc1ccc(C)cc1OCC)NCc1cccs1.I.